The average molecular weight is 373 g/mol. The van der Waals surface area contributed by atoms with E-state index >= 15 is 0 Å². The van der Waals surface area contributed by atoms with Crippen LogP contribution in [0.5, 0.6) is 5.75 Å². The van der Waals surface area contributed by atoms with Gasteiger partial charge in [-0.05, 0) is 36.6 Å². The summed E-state index contributed by atoms with van der Waals surface area (Å²) in [5.41, 5.74) is 1.39. The summed E-state index contributed by atoms with van der Waals surface area (Å²) in [6, 6.07) is 14.3. The Morgan fingerprint density at radius 3 is 2.62 bits per heavy atom. The molecule has 0 bridgehead atoms. The Hall–Kier alpha value is -2.53. The normalized spacial score (nSPS) is 13.5. The lowest BCUT2D eigenvalue weighted by atomic mass is 10.1. The standard InChI is InChI=1S/C20H21ClN2O3/c21-18-9-2-1-6-15(18)12-19(24)22-16-7-5-8-17(13-16)26-14-20(25)23-10-3-4-11-23/h1-2,5-9,13H,3-4,10-12,14H2,(H,22,24). The highest BCUT2D eigenvalue weighted by atomic mass is 35.5. The molecular weight excluding hydrogens is 352 g/mol. The minimum absolute atomic E-state index is 0.00402. The van der Waals surface area contributed by atoms with Crippen LogP contribution in [0.25, 0.3) is 0 Å². The van der Waals surface area contributed by atoms with Gasteiger partial charge in [-0.25, -0.2) is 0 Å². The highest BCUT2D eigenvalue weighted by Crippen LogP contribution is 2.20. The SMILES string of the molecule is O=C(Cc1ccccc1Cl)Nc1cccc(OCC(=O)N2CCCC2)c1. The number of carbonyl (C=O) groups is 2. The van der Waals surface area contributed by atoms with Crippen LogP contribution < -0.4 is 10.1 Å². The van der Waals surface area contributed by atoms with E-state index in [1.807, 2.05) is 23.1 Å². The summed E-state index contributed by atoms with van der Waals surface area (Å²) in [6.45, 7) is 1.62. The topological polar surface area (TPSA) is 58.6 Å². The van der Waals surface area contributed by atoms with Crippen LogP contribution >= 0.6 is 11.6 Å². The Morgan fingerprint density at radius 1 is 1.08 bits per heavy atom. The molecule has 1 heterocycles. The molecule has 5 nitrogen and oxygen atoms in total. The molecule has 0 spiro atoms. The minimum atomic E-state index is -0.164. The zero-order valence-electron chi connectivity index (χ0n) is 14.4. The number of ether oxygens (including phenoxy) is 1. The van der Waals surface area contributed by atoms with E-state index in [4.69, 9.17) is 16.3 Å². The third-order valence-corrected chi connectivity index (χ3v) is 4.62. The maximum atomic E-state index is 12.2. The van der Waals surface area contributed by atoms with Gasteiger partial charge < -0.3 is 15.0 Å². The number of hydrogen-bond donors (Lipinski definition) is 1. The second kappa shape index (κ2) is 8.72. The third-order valence-electron chi connectivity index (χ3n) is 4.25. The van der Waals surface area contributed by atoms with E-state index < -0.39 is 0 Å². The van der Waals surface area contributed by atoms with E-state index in [1.165, 1.54) is 0 Å². The van der Waals surface area contributed by atoms with Gasteiger partial charge in [-0.2, -0.15) is 0 Å². The smallest absolute Gasteiger partial charge is 0.260 e. The van der Waals surface area contributed by atoms with Crippen molar-refractivity contribution < 1.29 is 14.3 Å². The summed E-state index contributed by atoms with van der Waals surface area (Å²) in [4.78, 5) is 26.1. The number of carbonyl (C=O) groups excluding carboxylic acids is 2. The van der Waals surface area contributed by atoms with Gasteiger partial charge in [0.05, 0.1) is 6.42 Å². The Kier molecular flexibility index (Phi) is 6.12. The highest BCUT2D eigenvalue weighted by Gasteiger charge is 2.18. The fourth-order valence-electron chi connectivity index (χ4n) is 2.89. The number of rotatable bonds is 6. The maximum Gasteiger partial charge on any atom is 0.260 e. The van der Waals surface area contributed by atoms with Crippen LogP contribution in [0.1, 0.15) is 18.4 Å². The van der Waals surface area contributed by atoms with Gasteiger partial charge in [-0.3, -0.25) is 9.59 Å². The number of benzene rings is 2. The first-order valence-electron chi connectivity index (χ1n) is 8.66. The van der Waals surface area contributed by atoms with Crippen molar-refractivity contribution in [1.82, 2.24) is 4.90 Å². The van der Waals surface area contributed by atoms with Gasteiger partial charge in [0, 0.05) is 29.9 Å². The van der Waals surface area contributed by atoms with Crippen LogP contribution in [0.3, 0.4) is 0 Å². The number of nitrogens with zero attached hydrogens (tertiary/aromatic N) is 1. The zero-order chi connectivity index (χ0) is 18.4. The van der Waals surface area contributed by atoms with Gasteiger partial charge in [-0.1, -0.05) is 35.9 Å². The minimum Gasteiger partial charge on any atom is -0.484 e. The highest BCUT2D eigenvalue weighted by molar-refractivity contribution is 6.31. The molecule has 26 heavy (non-hydrogen) atoms. The van der Waals surface area contributed by atoms with Crippen LogP contribution in [0, 0.1) is 0 Å². The van der Waals surface area contributed by atoms with Crippen molar-refractivity contribution in [2.24, 2.45) is 0 Å². The first-order chi connectivity index (χ1) is 12.6. The molecule has 136 valence electrons. The lowest BCUT2D eigenvalue weighted by Gasteiger charge is -2.15. The molecule has 2 aromatic rings. The quantitative estimate of drug-likeness (QED) is 0.844. The van der Waals surface area contributed by atoms with Crippen molar-refractivity contribution in [2.45, 2.75) is 19.3 Å². The van der Waals surface area contributed by atoms with Crippen molar-refractivity contribution in [3.8, 4) is 5.75 Å². The van der Waals surface area contributed by atoms with E-state index in [0.29, 0.717) is 16.5 Å². The fraction of sp³-hybridized carbons (Fsp3) is 0.300. The number of amides is 2. The summed E-state index contributed by atoms with van der Waals surface area (Å²) >= 11 is 6.09. The predicted octanol–water partition coefficient (Wildman–Crippen LogP) is 3.52. The molecule has 1 aliphatic heterocycles. The van der Waals surface area contributed by atoms with Crippen molar-refractivity contribution >= 4 is 29.1 Å². The van der Waals surface area contributed by atoms with Gasteiger partial charge in [0.15, 0.2) is 6.61 Å². The molecule has 1 saturated heterocycles. The summed E-state index contributed by atoms with van der Waals surface area (Å²) in [5, 5.41) is 3.40. The molecule has 2 amide bonds. The molecule has 0 aliphatic carbocycles. The molecule has 1 fully saturated rings. The van der Waals surface area contributed by atoms with Gasteiger partial charge in [0.25, 0.3) is 5.91 Å². The first kappa shape index (κ1) is 18.3. The first-order valence-corrected chi connectivity index (χ1v) is 9.03. The fourth-order valence-corrected chi connectivity index (χ4v) is 3.09. The van der Waals surface area contributed by atoms with E-state index in [-0.39, 0.29) is 24.8 Å². The second-order valence-electron chi connectivity index (χ2n) is 6.22. The van der Waals surface area contributed by atoms with E-state index in [9.17, 15) is 9.59 Å². The predicted molar refractivity (Wildman–Crippen MR) is 102 cm³/mol. The molecule has 0 saturated carbocycles. The molecule has 1 aliphatic rings. The number of anilines is 1. The van der Waals surface area contributed by atoms with Crippen molar-refractivity contribution in [3.63, 3.8) is 0 Å². The molecule has 6 heteroatoms. The van der Waals surface area contributed by atoms with Gasteiger partial charge in [0.1, 0.15) is 5.75 Å². The second-order valence-corrected chi connectivity index (χ2v) is 6.63. The van der Waals surface area contributed by atoms with Crippen LogP contribution in [0.4, 0.5) is 5.69 Å². The van der Waals surface area contributed by atoms with Crippen molar-refractivity contribution in [3.05, 3.63) is 59.1 Å². The number of likely N-dealkylation sites (tertiary alicyclic amines) is 1. The molecule has 1 N–H and O–H groups in total. The molecule has 0 radical (unpaired) electrons. The summed E-state index contributed by atoms with van der Waals surface area (Å²) in [6.07, 6.45) is 2.30. The Bertz CT molecular complexity index is 788. The largest absolute Gasteiger partial charge is 0.484 e. The Morgan fingerprint density at radius 2 is 1.85 bits per heavy atom. The van der Waals surface area contributed by atoms with Crippen LogP contribution in [-0.2, 0) is 16.0 Å². The monoisotopic (exact) mass is 372 g/mol. The summed E-state index contributed by atoms with van der Waals surface area (Å²) in [5.74, 6) is 0.382. The van der Waals surface area contributed by atoms with Crippen molar-refractivity contribution in [1.29, 1.82) is 0 Å². The number of nitrogens with one attached hydrogen (secondary N) is 1. The Balaban J connectivity index is 1.54. The number of halogens is 1. The van der Waals surface area contributed by atoms with E-state index in [1.54, 1.807) is 30.3 Å². The molecule has 3 rings (SSSR count). The number of hydrogen-bond acceptors (Lipinski definition) is 3. The van der Waals surface area contributed by atoms with Gasteiger partial charge in [0.2, 0.25) is 5.91 Å². The van der Waals surface area contributed by atoms with Crippen molar-refractivity contribution in [2.75, 3.05) is 25.0 Å². The van der Waals surface area contributed by atoms with E-state index in [0.717, 1.165) is 31.5 Å². The summed E-state index contributed by atoms with van der Waals surface area (Å²) in [7, 11) is 0. The lowest BCUT2D eigenvalue weighted by molar-refractivity contribution is -0.132. The van der Waals surface area contributed by atoms with Gasteiger partial charge in [-0.15, -0.1) is 0 Å². The summed E-state index contributed by atoms with van der Waals surface area (Å²) < 4.78 is 5.58. The van der Waals surface area contributed by atoms with Crippen LogP contribution in [0.2, 0.25) is 5.02 Å². The molecular formula is C20H21ClN2O3. The molecule has 0 aromatic heterocycles. The molecule has 0 atom stereocenters. The van der Waals surface area contributed by atoms with Gasteiger partial charge >= 0.3 is 0 Å². The maximum absolute atomic E-state index is 12.2. The average Bonchev–Trinajstić information content (AvgIpc) is 3.17. The third kappa shape index (κ3) is 4.99. The molecule has 0 unspecified atom stereocenters. The zero-order valence-corrected chi connectivity index (χ0v) is 15.2. The van der Waals surface area contributed by atoms with Crippen LogP contribution in [-0.4, -0.2) is 36.4 Å². The lowest BCUT2D eigenvalue weighted by Crippen LogP contribution is -2.32. The van der Waals surface area contributed by atoms with E-state index in [2.05, 4.69) is 5.32 Å². The Labute approximate surface area is 157 Å². The molecule has 2 aromatic carbocycles. The van der Waals surface area contributed by atoms with Crippen LogP contribution in [0.15, 0.2) is 48.5 Å².